The van der Waals surface area contributed by atoms with Gasteiger partial charge in [0.2, 0.25) is 0 Å². The highest BCUT2D eigenvalue weighted by atomic mass is 19.1. The zero-order chi connectivity index (χ0) is 21.3. The van der Waals surface area contributed by atoms with Crippen molar-refractivity contribution >= 4 is 5.97 Å². The van der Waals surface area contributed by atoms with Crippen LogP contribution in [0.15, 0.2) is 71.3 Å². The van der Waals surface area contributed by atoms with E-state index in [2.05, 4.69) is 5.16 Å². The average molecular weight is 403 g/mol. The molecule has 0 aliphatic carbocycles. The number of carboxylic acids is 1. The number of aromatic nitrogens is 1. The van der Waals surface area contributed by atoms with Crippen LogP contribution in [0.25, 0.3) is 33.7 Å². The average Bonchev–Trinajstić information content (AvgIpc) is 3.24. The van der Waals surface area contributed by atoms with Crippen molar-refractivity contribution in [2.45, 2.75) is 13.5 Å². The molecule has 4 aromatic rings. The summed E-state index contributed by atoms with van der Waals surface area (Å²) >= 11 is 0. The van der Waals surface area contributed by atoms with Gasteiger partial charge in [-0.25, -0.2) is 9.18 Å². The normalized spacial score (nSPS) is 10.9. The summed E-state index contributed by atoms with van der Waals surface area (Å²) in [4.78, 5) is 11.0. The molecular weight excluding hydrogens is 385 g/mol. The second kappa shape index (κ2) is 7.93. The maximum absolute atomic E-state index is 14.0. The Balaban J connectivity index is 1.74. The highest BCUT2D eigenvalue weighted by molar-refractivity contribution is 5.88. The number of aliphatic hydroxyl groups excluding tert-OH is 1. The van der Waals surface area contributed by atoms with Crippen LogP contribution in [0.5, 0.6) is 0 Å². The van der Waals surface area contributed by atoms with Gasteiger partial charge in [0.05, 0.1) is 12.2 Å². The second-order valence-corrected chi connectivity index (χ2v) is 6.86. The fourth-order valence-electron chi connectivity index (χ4n) is 3.51. The quantitative estimate of drug-likeness (QED) is 0.472. The van der Waals surface area contributed by atoms with E-state index in [1.807, 2.05) is 49.4 Å². The van der Waals surface area contributed by atoms with E-state index in [1.165, 1.54) is 12.1 Å². The first-order chi connectivity index (χ1) is 14.5. The Morgan fingerprint density at radius 1 is 1.00 bits per heavy atom. The van der Waals surface area contributed by atoms with Crippen molar-refractivity contribution < 1.29 is 23.9 Å². The van der Waals surface area contributed by atoms with Crippen LogP contribution in [-0.4, -0.2) is 21.3 Å². The fourth-order valence-corrected chi connectivity index (χ4v) is 3.51. The van der Waals surface area contributed by atoms with E-state index in [1.54, 1.807) is 6.07 Å². The predicted molar refractivity (Wildman–Crippen MR) is 110 cm³/mol. The van der Waals surface area contributed by atoms with Crippen LogP contribution >= 0.6 is 0 Å². The molecule has 0 aliphatic rings. The zero-order valence-electron chi connectivity index (χ0n) is 16.1. The number of carbonyl (C=O) groups is 1. The largest absolute Gasteiger partial charge is 0.478 e. The van der Waals surface area contributed by atoms with Gasteiger partial charge in [-0.2, -0.15) is 0 Å². The van der Waals surface area contributed by atoms with Gasteiger partial charge in [0.25, 0.3) is 0 Å². The first kappa shape index (κ1) is 19.5. The lowest BCUT2D eigenvalue weighted by molar-refractivity contribution is 0.0692. The van der Waals surface area contributed by atoms with Gasteiger partial charge in [0, 0.05) is 17.2 Å². The van der Waals surface area contributed by atoms with E-state index in [9.17, 15) is 14.3 Å². The van der Waals surface area contributed by atoms with Crippen LogP contribution in [0.4, 0.5) is 4.39 Å². The van der Waals surface area contributed by atoms with E-state index in [4.69, 9.17) is 9.63 Å². The summed E-state index contributed by atoms with van der Waals surface area (Å²) in [5.41, 5.74) is 4.75. The van der Waals surface area contributed by atoms with Crippen molar-refractivity contribution in [3.63, 3.8) is 0 Å². The molecule has 4 rings (SSSR count). The molecule has 5 nitrogen and oxygen atoms in total. The minimum Gasteiger partial charge on any atom is -0.478 e. The van der Waals surface area contributed by atoms with Crippen LogP contribution in [0.3, 0.4) is 0 Å². The van der Waals surface area contributed by atoms with Gasteiger partial charge >= 0.3 is 5.97 Å². The van der Waals surface area contributed by atoms with E-state index in [0.717, 1.165) is 22.8 Å². The molecule has 0 radical (unpaired) electrons. The molecule has 1 heterocycles. The van der Waals surface area contributed by atoms with Gasteiger partial charge in [-0.15, -0.1) is 0 Å². The maximum Gasteiger partial charge on any atom is 0.338 e. The Hall–Kier alpha value is -3.77. The fraction of sp³-hybridized carbons (Fsp3) is 0.0833. The minimum absolute atomic E-state index is 0.181. The smallest absolute Gasteiger partial charge is 0.338 e. The van der Waals surface area contributed by atoms with Gasteiger partial charge in [0.15, 0.2) is 5.76 Å². The molecule has 0 fully saturated rings. The lowest BCUT2D eigenvalue weighted by Crippen LogP contribution is -2.00. The molecule has 0 bridgehead atoms. The zero-order valence-corrected chi connectivity index (χ0v) is 16.1. The van der Waals surface area contributed by atoms with Crippen LogP contribution in [0.2, 0.25) is 0 Å². The van der Waals surface area contributed by atoms with E-state index in [-0.39, 0.29) is 6.61 Å². The molecular formula is C24H18FNO4. The Morgan fingerprint density at radius 2 is 1.73 bits per heavy atom. The molecule has 0 saturated carbocycles. The van der Waals surface area contributed by atoms with Crippen LogP contribution in [0, 0.1) is 12.7 Å². The summed E-state index contributed by atoms with van der Waals surface area (Å²) in [5.74, 6) is -1.75. The monoisotopic (exact) mass is 403 g/mol. The molecule has 1 aromatic heterocycles. The first-order valence-electron chi connectivity index (χ1n) is 9.28. The molecule has 0 unspecified atom stereocenters. The molecule has 30 heavy (non-hydrogen) atoms. The molecule has 0 amide bonds. The van der Waals surface area contributed by atoms with Gasteiger partial charge in [0.1, 0.15) is 11.5 Å². The number of hydrogen-bond acceptors (Lipinski definition) is 4. The van der Waals surface area contributed by atoms with E-state index >= 15 is 0 Å². The molecule has 6 heteroatoms. The minimum atomic E-state index is -1.33. The lowest BCUT2D eigenvalue weighted by atomic mass is 9.92. The number of hydrogen-bond donors (Lipinski definition) is 2. The Kier molecular flexibility index (Phi) is 5.16. The van der Waals surface area contributed by atoms with E-state index < -0.39 is 17.3 Å². The topological polar surface area (TPSA) is 83.6 Å². The highest BCUT2D eigenvalue weighted by Gasteiger charge is 2.18. The number of aliphatic hydroxyl groups is 1. The summed E-state index contributed by atoms with van der Waals surface area (Å²) < 4.78 is 19.5. The highest BCUT2D eigenvalue weighted by Crippen LogP contribution is 2.35. The molecule has 2 N–H and O–H groups in total. The van der Waals surface area contributed by atoms with Gasteiger partial charge in [-0.3, -0.25) is 0 Å². The van der Waals surface area contributed by atoms with Crippen LogP contribution < -0.4 is 0 Å². The summed E-state index contributed by atoms with van der Waals surface area (Å²) in [7, 11) is 0. The second-order valence-electron chi connectivity index (χ2n) is 6.86. The Morgan fingerprint density at radius 3 is 2.40 bits per heavy atom. The van der Waals surface area contributed by atoms with Crippen molar-refractivity contribution in [1.29, 1.82) is 0 Å². The van der Waals surface area contributed by atoms with Crippen LogP contribution in [0.1, 0.15) is 21.5 Å². The van der Waals surface area contributed by atoms with Crippen LogP contribution in [-0.2, 0) is 6.61 Å². The lowest BCUT2D eigenvalue weighted by Gasteiger charge is -2.13. The number of carboxylic acid groups (broad SMARTS) is 1. The molecule has 150 valence electrons. The summed E-state index contributed by atoms with van der Waals surface area (Å²) in [6.07, 6.45) is 0. The SMILES string of the molecule is Cc1c(-c2ccccc2)ccc(-c2cc(-c3ccc(C(=O)O)c(F)c3)no2)c1CO. The molecule has 0 spiro atoms. The third-order valence-corrected chi connectivity index (χ3v) is 5.11. The number of halogens is 1. The van der Waals surface area contributed by atoms with Crippen molar-refractivity contribution in [2.75, 3.05) is 0 Å². The van der Waals surface area contributed by atoms with Gasteiger partial charge < -0.3 is 14.7 Å². The predicted octanol–water partition coefficient (Wildman–Crippen LogP) is 5.31. The molecule has 0 atom stereocenters. The summed E-state index contributed by atoms with van der Waals surface area (Å²) in [6, 6.07) is 19.1. The van der Waals surface area contributed by atoms with Crippen molar-refractivity contribution in [3.8, 4) is 33.7 Å². The van der Waals surface area contributed by atoms with Crippen molar-refractivity contribution in [1.82, 2.24) is 5.16 Å². The number of nitrogens with zero attached hydrogens (tertiary/aromatic N) is 1. The van der Waals surface area contributed by atoms with E-state index in [0.29, 0.717) is 28.1 Å². The third kappa shape index (κ3) is 3.49. The standard InChI is InChI=1S/C24H18FNO4/c1-14-17(15-5-3-2-4-6-15)9-10-18(20(14)13-27)23-12-22(26-30-23)16-7-8-19(24(28)29)21(25)11-16/h2-12,27H,13H2,1H3,(H,28,29). The molecule has 0 aliphatic heterocycles. The molecule has 0 saturated heterocycles. The Labute approximate surface area is 172 Å². The van der Waals surface area contributed by atoms with Crippen molar-refractivity contribution in [2.24, 2.45) is 0 Å². The number of benzene rings is 3. The van der Waals surface area contributed by atoms with Gasteiger partial charge in [-0.05, 0) is 41.3 Å². The molecule has 3 aromatic carbocycles. The summed E-state index contributed by atoms with van der Waals surface area (Å²) in [6.45, 7) is 1.76. The summed E-state index contributed by atoms with van der Waals surface area (Å²) in [5, 5.41) is 23.0. The van der Waals surface area contributed by atoms with Gasteiger partial charge in [-0.1, -0.05) is 53.7 Å². The Bertz CT molecular complexity index is 1230. The van der Waals surface area contributed by atoms with Crippen molar-refractivity contribution in [3.05, 3.63) is 89.2 Å². The third-order valence-electron chi connectivity index (χ3n) is 5.11. The maximum atomic E-state index is 14.0. The first-order valence-corrected chi connectivity index (χ1v) is 9.28. The number of aromatic carboxylic acids is 1. The number of rotatable bonds is 5.